The SMILES string of the molecule is C[C@@H]1[C@@H](Oc2ccnc(C#N)c2)CN1C(=O)N1N=CCC1c1cc(F)cc(F)c1. The highest BCUT2D eigenvalue weighted by Crippen LogP contribution is 2.33. The van der Waals surface area contributed by atoms with Gasteiger partial charge < -0.3 is 9.64 Å². The van der Waals surface area contributed by atoms with Crippen LogP contribution in [0.1, 0.15) is 30.6 Å². The van der Waals surface area contributed by atoms with Crippen molar-refractivity contribution in [1.82, 2.24) is 14.9 Å². The molecular weight excluding hydrogens is 380 g/mol. The molecule has 0 N–H and O–H groups in total. The summed E-state index contributed by atoms with van der Waals surface area (Å²) in [6.07, 6.45) is 3.18. The molecule has 0 bridgehead atoms. The van der Waals surface area contributed by atoms with Gasteiger partial charge in [-0.2, -0.15) is 10.4 Å². The second kappa shape index (κ2) is 7.47. The zero-order valence-corrected chi connectivity index (χ0v) is 15.5. The molecule has 1 aromatic heterocycles. The average molecular weight is 397 g/mol. The van der Waals surface area contributed by atoms with Gasteiger partial charge in [-0.3, -0.25) is 0 Å². The van der Waals surface area contributed by atoms with Gasteiger partial charge in [0.05, 0.1) is 18.6 Å². The number of carbonyl (C=O) groups is 1. The first kappa shape index (κ1) is 18.8. The number of ether oxygens (including phenoxy) is 1. The fourth-order valence-corrected chi connectivity index (χ4v) is 3.46. The number of rotatable bonds is 3. The fraction of sp³-hybridized carbons (Fsp3) is 0.300. The molecule has 9 heteroatoms. The second-order valence-electron chi connectivity index (χ2n) is 6.92. The summed E-state index contributed by atoms with van der Waals surface area (Å²) in [6.45, 7) is 2.18. The van der Waals surface area contributed by atoms with Crippen LogP contribution in [0.25, 0.3) is 0 Å². The number of pyridine rings is 1. The van der Waals surface area contributed by atoms with E-state index in [-0.39, 0.29) is 23.9 Å². The van der Waals surface area contributed by atoms with E-state index in [0.29, 0.717) is 24.3 Å². The zero-order valence-electron chi connectivity index (χ0n) is 15.5. The lowest BCUT2D eigenvalue weighted by Gasteiger charge is -2.46. The maximum atomic E-state index is 13.6. The number of carbonyl (C=O) groups excluding carboxylic acids is 1. The largest absolute Gasteiger partial charge is 0.486 e. The molecule has 3 heterocycles. The van der Waals surface area contributed by atoms with Crippen molar-refractivity contribution in [1.29, 1.82) is 5.26 Å². The third-order valence-electron chi connectivity index (χ3n) is 5.08. The van der Waals surface area contributed by atoms with Gasteiger partial charge in [-0.15, -0.1) is 0 Å². The second-order valence-corrected chi connectivity index (χ2v) is 6.92. The minimum Gasteiger partial charge on any atom is -0.486 e. The molecule has 0 spiro atoms. The Kier molecular flexibility index (Phi) is 4.84. The molecule has 2 amide bonds. The Balaban J connectivity index is 1.43. The lowest BCUT2D eigenvalue weighted by molar-refractivity contribution is -0.0197. The van der Waals surface area contributed by atoms with E-state index in [1.165, 1.54) is 29.4 Å². The van der Waals surface area contributed by atoms with Gasteiger partial charge in [0.2, 0.25) is 0 Å². The molecule has 3 atom stereocenters. The molecule has 2 aliphatic heterocycles. The topological polar surface area (TPSA) is 81.8 Å². The Bertz CT molecular complexity index is 1000. The number of benzene rings is 1. The highest BCUT2D eigenvalue weighted by molar-refractivity contribution is 5.79. The van der Waals surface area contributed by atoms with E-state index in [2.05, 4.69) is 10.1 Å². The number of halogens is 2. The minimum absolute atomic E-state index is 0.234. The molecule has 7 nitrogen and oxygen atoms in total. The van der Waals surface area contributed by atoms with Gasteiger partial charge in [-0.25, -0.2) is 23.6 Å². The smallest absolute Gasteiger partial charge is 0.341 e. The van der Waals surface area contributed by atoms with Gasteiger partial charge in [0.1, 0.15) is 35.3 Å². The molecule has 0 radical (unpaired) electrons. The van der Waals surface area contributed by atoms with Crippen LogP contribution in [0.15, 0.2) is 41.6 Å². The number of nitrogens with zero attached hydrogens (tertiary/aromatic N) is 5. The normalized spacial score (nSPS) is 22.9. The van der Waals surface area contributed by atoms with E-state index in [1.807, 2.05) is 13.0 Å². The van der Waals surface area contributed by atoms with Gasteiger partial charge in [0.15, 0.2) is 0 Å². The van der Waals surface area contributed by atoms with Crippen molar-refractivity contribution in [3.8, 4) is 11.8 Å². The summed E-state index contributed by atoms with van der Waals surface area (Å²) in [6, 6.07) is 7.21. The van der Waals surface area contributed by atoms with Crippen LogP contribution in [0.3, 0.4) is 0 Å². The van der Waals surface area contributed by atoms with Crippen LogP contribution < -0.4 is 4.74 Å². The van der Waals surface area contributed by atoms with Crippen molar-refractivity contribution >= 4 is 12.2 Å². The van der Waals surface area contributed by atoms with Crippen LogP contribution >= 0.6 is 0 Å². The molecule has 4 rings (SSSR count). The molecule has 0 aliphatic carbocycles. The van der Waals surface area contributed by atoms with Gasteiger partial charge >= 0.3 is 6.03 Å². The van der Waals surface area contributed by atoms with Crippen LogP contribution in [-0.2, 0) is 0 Å². The van der Waals surface area contributed by atoms with Gasteiger partial charge in [-0.1, -0.05) is 0 Å². The van der Waals surface area contributed by atoms with Crippen LogP contribution in [0.5, 0.6) is 5.75 Å². The predicted octanol–water partition coefficient (Wildman–Crippen LogP) is 3.24. The number of amides is 2. The van der Waals surface area contributed by atoms with Crippen molar-refractivity contribution < 1.29 is 18.3 Å². The fourth-order valence-electron chi connectivity index (χ4n) is 3.46. The number of nitriles is 1. The zero-order chi connectivity index (χ0) is 20.5. The third kappa shape index (κ3) is 3.61. The maximum absolute atomic E-state index is 13.6. The maximum Gasteiger partial charge on any atom is 0.341 e. The first-order valence-corrected chi connectivity index (χ1v) is 9.07. The molecule has 1 saturated heterocycles. The molecule has 29 heavy (non-hydrogen) atoms. The van der Waals surface area contributed by atoms with Crippen molar-refractivity contribution in [3.63, 3.8) is 0 Å². The number of hydrogen-bond donors (Lipinski definition) is 0. The Morgan fingerprint density at radius 2 is 2.03 bits per heavy atom. The van der Waals surface area contributed by atoms with Crippen LogP contribution in [0, 0.1) is 23.0 Å². The summed E-state index contributed by atoms with van der Waals surface area (Å²) in [5.41, 5.74) is 0.606. The third-order valence-corrected chi connectivity index (χ3v) is 5.08. The first-order chi connectivity index (χ1) is 14.0. The molecular formula is C20H17F2N5O2. The Labute approximate surface area is 165 Å². The standard InChI is InChI=1S/C20H17F2N5O2/c1-12-19(29-17-2-4-24-16(9-17)10-23)11-26(12)20(28)27-18(3-5-25-27)13-6-14(21)8-15(22)7-13/h2,4-9,12,18-19H,3,11H2,1H3/t12-,18?,19+/m1/s1. The summed E-state index contributed by atoms with van der Waals surface area (Å²) < 4.78 is 33.0. The summed E-state index contributed by atoms with van der Waals surface area (Å²) in [4.78, 5) is 18.4. The molecule has 2 aromatic rings. The minimum atomic E-state index is -0.695. The summed E-state index contributed by atoms with van der Waals surface area (Å²) in [5, 5.41) is 14.3. The van der Waals surface area contributed by atoms with E-state index < -0.39 is 17.7 Å². The van der Waals surface area contributed by atoms with Crippen LogP contribution in [0.2, 0.25) is 0 Å². The van der Waals surface area contributed by atoms with E-state index >= 15 is 0 Å². The van der Waals surface area contributed by atoms with Crippen LogP contribution in [0.4, 0.5) is 13.6 Å². The number of hydrazone groups is 1. The van der Waals surface area contributed by atoms with E-state index in [9.17, 15) is 13.6 Å². The van der Waals surface area contributed by atoms with Gasteiger partial charge in [-0.05, 0) is 30.7 Å². The lowest BCUT2D eigenvalue weighted by Crippen LogP contribution is -2.64. The Hall–Kier alpha value is -3.54. The van der Waals surface area contributed by atoms with Crippen molar-refractivity contribution in [3.05, 3.63) is 59.4 Å². The summed E-state index contributed by atoms with van der Waals surface area (Å²) in [5.74, 6) is -0.883. The van der Waals surface area contributed by atoms with Crippen LogP contribution in [-0.4, -0.2) is 45.8 Å². The Morgan fingerprint density at radius 3 is 2.72 bits per heavy atom. The number of aromatic nitrogens is 1. The number of hydrogen-bond acceptors (Lipinski definition) is 5. The molecule has 148 valence electrons. The molecule has 0 saturated carbocycles. The average Bonchev–Trinajstić information content (AvgIpc) is 3.19. The number of likely N-dealkylation sites (tertiary alicyclic amines) is 1. The summed E-state index contributed by atoms with van der Waals surface area (Å²) in [7, 11) is 0. The molecule has 1 aromatic carbocycles. The predicted molar refractivity (Wildman–Crippen MR) is 99.0 cm³/mol. The monoisotopic (exact) mass is 397 g/mol. The Morgan fingerprint density at radius 1 is 1.28 bits per heavy atom. The lowest BCUT2D eigenvalue weighted by atomic mass is 10.0. The van der Waals surface area contributed by atoms with E-state index in [1.54, 1.807) is 17.2 Å². The van der Waals surface area contributed by atoms with Crippen molar-refractivity contribution in [2.24, 2.45) is 5.10 Å². The van der Waals surface area contributed by atoms with Crippen molar-refractivity contribution in [2.75, 3.05) is 6.54 Å². The van der Waals surface area contributed by atoms with E-state index in [0.717, 1.165) is 6.07 Å². The first-order valence-electron chi connectivity index (χ1n) is 9.07. The van der Waals surface area contributed by atoms with Gasteiger partial charge in [0, 0.05) is 31.0 Å². The van der Waals surface area contributed by atoms with E-state index in [4.69, 9.17) is 10.00 Å². The quantitative estimate of drug-likeness (QED) is 0.796. The van der Waals surface area contributed by atoms with Gasteiger partial charge in [0.25, 0.3) is 0 Å². The molecule has 1 fully saturated rings. The summed E-state index contributed by atoms with van der Waals surface area (Å²) >= 11 is 0. The number of urea groups is 1. The molecule has 1 unspecified atom stereocenters. The molecule has 2 aliphatic rings. The highest BCUT2D eigenvalue weighted by atomic mass is 19.1. The highest BCUT2D eigenvalue weighted by Gasteiger charge is 2.44. The van der Waals surface area contributed by atoms with Crippen molar-refractivity contribution in [2.45, 2.75) is 31.5 Å².